The van der Waals surface area contributed by atoms with Gasteiger partial charge >= 0.3 is 0 Å². The largest absolute Gasteiger partial charge is 0.377 e. The Kier molecular flexibility index (Phi) is 3.84. The molecular weight excluding hydrogens is 256 g/mol. The third kappa shape index (κ3) is 2.91. The van der Waals surface area contributed by atoms with Gasteiger partial charge in [0.1, 0.15) is 11.9 Å². The number of carbonyl (C=O) groups excluding carboxylic acids is 1. The van der Waals surface area contributed by atoms with Crippen molar-refractivity contribution in [3.8, 4) is 0 Å². The van der Waals surface area contributed by atoms with Crippen LogP contribution in [-0.4, -0.2) is 42.7 Å². The Balaban J connectivity index is 1.77. The fourth-order valence-corrected chi connectivity index (χ4v) is 2.36. The van der Waals surface area contributed by atoms with Crippen LogP contribution >= 0.6 is 0 Å². The van der Waals surface area contributed by atoms with Crippen LogP contribution in [0.2, 0.25) is 0 Å². The van der Waals surface area contributed by atoms with Crippen LogP contribution in [0.15, 0.2) is 18.3 Å². The molecule has 1 saturated heterocycles. The molecule has 3 N–H and O–H groups in total. The molecule has 1 aromatic heterocycles. The van der Waals surface area contributed by atoms with Crippen molar-refractivity contribution in [3.05, 3.63) is 23.9 Å². The minimum Gasteiger partial charge on any atom is -0.377 e. The van der Waals surface area contributed by atoms with Gasteiger partial charge in [-0.1, -0.05) is 0 Å². The van der Waals surface area contributed by atoms with Gasteiger partial charge in [-0.2, -0.15) is 0 Å². The molecule has 0 bridgehead atoms. The molecule has 0 radical (unpaired) electrons. The standard InChI is InChI=1S/C14H20N4O2/c15-8-10-3-4-16-13(7-10)18-5-6-20-9-12(18)14(19)17-11-1-2-11/h3-4,7,11-12H,1-2,5-6,8-9,15H2,(H,17,19). The topological polar surface area (TPSA) is 80.5 Å². The van der Waals surface area contributed by atoms with E-state index in [4.69, 9.17) is 10.5 Å². The second-order valence-corrected chi connectivity index (χ2v) is 5.29. The first-order valence-electron chi connectivity index (χ1n) is 7.07. The number of nitrogens with one attached hydrogen (secondary N) is 1. The predicted molar refractivity (Wildman–Crippen MR) is 75.2 cm³/mol. The van der Waals surface area contributed by atoms with Crippen molar-refractivity contribution in [2.45, 2.75) is 31.5 Å². The summed E-state index contributed by atoms with van der Waals surface area (Å²) in [4.78, 5) is 18.7. The number of rotatable bonds is 4. The monoisotopic (exact) mass is 276 g/mol. The summed E-state index contributed by atoms with van der Waals surface area (Å²) < 4.78 is 5.46. The zero-order chi connectivity index (χ0) is 13.9. The number of nitrogens with two attached hydrogens (primary N) is 1. The number of aromatic nitrogens is 1. The van der Waals surface area contributed by atoms with Crippen molar-refractivity contribution in [2.24, 2.45) is 5.73 Å². The maximum Gasteiger partial charge on any atom is 0.245 e. The number of carbonyl (C=O) groups is 1. The van der Waals surface area contributed by atoms with Crippen molar-refractivity contribution in [1.29, 1.82) is 0 Å². The van der Waals surface area contributed by atoms with Crippen LogP contribution in [0.5, 0.6) is 0 Å². The fourth-order valence-electron chi connectivity index (χ4n) is 2.36. The van der Waals surface area contributed by atoms with Crippen LogP contribution in [0.25, 0.3) is 0 Å². The average molecular weight is 276 g/mol. The highest BCUT2D eigenvalue weighted by Gasteiger charge is 2.33. The number of morpholine rings is 1. The molecule has 6 nitrogen and oxygen atoms in total. The molecule has 1 amide bonds. The molecule has 1 saturated carbocycles. The number of anilines is 1. The summed E-state index contributed by atoms with van der Waals surface area (Å²) in [6.45, 7) is 2.16. The molecule has 0 spiro atoms. The zero-order valence-electron chi connectivity index (χ0n) is 11.4. The molecule has 2 fully saturated rings. The average Bonchev–Trinajstić information content (AvgIpc) is 3.31. The predicted octanol–water partition coefficient (Wildman–Crippen LogP) is 0.0241. The van der Waals surface area contributed by atoms with Crippen LogP contribution in [0.4, 0.5) is 5.82 Å². The number of amides is 1. The molecule has 108 valence electrons. The first-order valence-corrected chi connectivity index (χ1v) is 7.07. The maximum atomic E-state index is 12.3. The Morgan fingerprint density at radius 2 is 2.40 bits per heavy atom. The van der Waals surface area contributed by atoms with Gasteiger partial charge in [0.05, 0.1) is 13.2 Å². The van der Waals surface area contributed by atoms with E-state index >= 15 is 0 Å². The van der Waals surface area contributed by atoms with Gasteiger partial charge in [-0.25, -0.2) is 4.98 Å². The minimum absolute atomic E-state index is 0.0344. The van der Waals surface area contributed by atoms with E-state index in [-0.39, 0.29) is 11.9 Å². The summed E-state index contributed by atoms with van der Waals surface area (Å²) in [7, 11) is 0. The van der Waals surface area contributed by atoms with Gasteiger partial charge in [-0.3, -0.25) is 4.79 Å². The van der Waals surface area contributed by atoms with Crippen molar-refractivity contribution in [1.82, 2.24) is 10.3 Å². The van der Waals surface area contributed by atoms with E-state index < -0.39 is 0 Å². The second kappa shape index (κ2) is 5.76. The van der Waals surface area contributed by atoms with E-state index in [0.29, 0.717) is 32.3 Å². The summed E-state index contributed by atoms with van der Waals surface area (Å²) in [5.74, 6) is 0.833. The quantitative estimate of drug-likeness (QED) is 0.810. The van der Waals surface area contributed by atoms with Gasteiger partial charge in [0.2, 0.25) is 5.91 Å². The van der Waals surface area contributed by atoms with Gasteiger partial charge in [-0.05, 0) is 30.5 Å². The Hall–Kier alpha value is -1.66. The molecular formula is C14H20N4O2. The van der Waals surface area contributed by atoms with Crippen molar-refractivity contribution in [2.75, 3.05) is 24.7 Å². The van der Waals surface area contributed by atoms with Crippen LogP contribution in [0.3, 0.4) is 0 Å². The van der Waals surface area contributed by atoms with Crippen molar-refractivity contribution >= 4 is 11.7 Å². The van der Waals surface area contributed by atoms with Gasteiger partial charge < -0.3 is 20.7 Å². The molecule has 20 heavy (non-hydrogen) atoms. The molecule has 0 aromatic carbocycles. The van der Waals surface area contributed by atoms with E-state index in [1.807, 2.05) is 17.0 Å². The fraction of sp³-hybridized carbons (Fsp3) is 0.571. The lowest BCUT2D eigenvalue weighted by Gasteiger charge is -2.35. The SMILES string of the molecule is NCc1ccnc(N2CCOCC2C(=O)NC2CC2)c1. The molecule has 2 aliphatic rings. The van der Waals surface area contributed by atoms with E-state index in [1.165, 1.54) is 0 Å². The molecule has 1 unspecified atom stereocenters. The number of hydrogen-bond acceptors (Lipinski definition) is 5. The van der Waals surface area contributed by atoms with Crippen LogP contribution in [0.1, 0.15) is 18.4 Å². The third-order valence-corrected chi connectivity index (χ3v) is 3.69. The number of ether oxygens (including phenoxy) is 1. The highest BCUT2D eigenvalue weighted by Crippen LogP contribution is 2.22. The summed E-state index contributed by atoms with van der Waals surface area (Å²) >= 11 is 0. The van der Waals surface area contributed by atoms with E-state index in [0.717, 1.165) is 24.2 Å². The second-order valence-electron chi connectivity index (χ2n) is 5.29. The Morgan fingerprint density at radius 3 is 3.15 bits per heavy atom. The van der Waals surface area contributed by atoms with Gasteiger partial charge in [0, 0.05) is 25.3 Å². The van der Waals surface area contributed by atoms with E-state index in [9.17, 15) is 4.79 Å². The Labute approximate surface area is 118 Å². The summed E-state index contributed by atoms with van der Waals surface area (Å²) in [6.07, 6.45) is 3.91. The van der Waals surface area contributed by atoms with Gasteiger partial charge in [-0.15, -0.1) is 0 Å². The van der Waals surface area contributed by atoms with Crippen molar-refractivity contribution < 1.29 is 9.53 Å². The normalized spacial score (nSPS) is 22.6. The van der Waals surface area contributed by atoms with Gasteiger partial charge in [0.25, 0.3) is 0 Å². The molecule has 1 aliphatic heterocycles. The number of pyridine rings is 1. The first-order chi connectivity index (χ1) is 9.78. The molecule has 1 aromatic rings. The molecule has 2 heterocycles. The van der Waals surface area contributed by atoms with Crippen LogP contribution < -0.4 is 16.0 Å². The lowest BCUT2D eigenvalue weighted by molar-refractivity contribution is -0.124. The first kappa shape index (κ1) is 13.3. The lowest BCUT2D eigenvalue weighted by atomic mass is 10.2. The smallest absolute Gasteiger partial charge is 0.245 e. The summed E-state index contributed by atoms with van der Waals surface area (Å²) in [5, 5.41) is 3.04. The molecule has 6 heteroatoms. The van der Waals surface area contributed by atoms with E-state index in [2.05, 4.69) is 10.3 Å². The molecule has 1 aliphatic carbocycles. The summed E-state index contributed by atoms with van der Waals surface area (Å²) in [5.41, 5.74) is 6.68. The number of nitrogens with zero attached hydrogens (tertiary/aromatic N) is 2. The van der Waals surface area contributed by atoms with E-state index in [1.54, 1.807) is 6.20 Å². The third-order valence-electron chi connectivity index (χ3n) is 3.69. The van der Waals surface area contributed by atoms with Crippen molar-refractivity contribution in [3.63, 3.8) is 0 Å². The van der Waals surface area contributed by atoms with Gasteiger partial charge in [0.15, 0.2) is 0 Å². The maximum absolute atomic E-state index is 12.3. The molecule has 3 rings (SSSR count). The molecule has 1 atom stereocenters. The number of hydrogen-bond donors (Lipinski definition) is 2. The Morgan fingerprint density at radius 1 is 1.55 bits per heavy atom. The Bertz CT molecular complexity index is 490. The summed E-state index contributed by atoms with van der Waals surface area (Å²) in [6, 6.07) is 3.89. The van der Waals surface area contributed by atoms with Crippen LogP contribution in [0, 0.1) is 0 Å². The highest BCUT2D eigenvalue weighted by molar-refractivity contribution is 5.85. The van der Waals surface area contributed by atoms with Crippen LogP contribution in [-0.2, 0) is 16.1 Å². The lowest BCUT2D eigenvalue weighted by Crippen LogP contribution is -2.54. The highest BCUT2D eigenvalue weighted by atomic mass is 16.5. The minimum atomic E-state index is -0.301. The zero-order valence-corrected chi connectivity index (χ0v) is 11.4.